The van der Waals surface area contributed by atoms with Gasteiger partial charge in [0.05, 0.1) is 6.07 Å². The van der Waals surface area contributed by atoms with Crippen molar-refractivity contribution in [3.05, 3.63) is 28.8 Å². The van der Waals surface area contributed by atoms with Crippen molar-refractivity contribution >= 4 is 11.6 Å². The number of benzene rings is 1. The molecule has 0 aromatic heterocycles. The highest BCUT2D eigenvalue weighted by Gasteiger charge is 2.25. The molecule has 4 nitrogen and oxygen atoms in total. The van der Waals surface area contributed by atoms with E-state index in [-0.39, 0.29) is 5.91 Å². The number of amides is 1. The number of carbonyl (C=O) groups excluding carboxylic acids is 1. The Morgan fingerprint density at radius 1 is 1.24 bits per heavy atom. The van der Waals surface area contributed by atoms with Gasteiger partial charge in [-0.05, 0) is 55.2 Å². The van der Waals surface area contributed by atoms with Gasteiger partial charge in [-0.1, -0.05) is 31.9 Å². The summed E-state index contributed by atoms with van der Waals surface area (Å²) in [7, 11) is 0. The van der Waals surface area contributed by atoms with Crippen LogP contribution in [0.4, 0.5) is 5.69 Å². The van der Waals surface area contributed by atoms with Gasteiger partial charge in [-0.2, -0.15) is 5.26 Å². The molecular weight excluding hydrogens is 310 g/mol. The molecule has 0 saturated heterocycles. The van der Waals surface area contributed by atoms with Crippen LogP contribution in [0.15, 0.2) is 12.1 Å². The molecule has 1 unspecified atom stereocenters. The maximum Gasteiger partial charge on any atom is 0.237 e. The van der Waals surface area contributed by atoms with Gasteiger partial charge in [0.25, 0.3) is 0 Å². The van der Waals surface area contributed by atoms with Gasteiger partial charge in [0.1, 0.15) is 5.92 Å². The molecular formula is C21H29N3O. The second kappa shape index (κ2) is 8.38. The van der Waals surface area contributed by atoms with E-state index in [9.17, 15) is 10.1 Å². The van der Waals surface area contributed by atoms with Gasteiger partial charge in [-0.15, -0.1) is 0 Å². The third kappa shape index (κ3) is 4.15. The summed E-state index contributed by atoms with van der Waals surface area (Å²) >= 11 is 0. The highest BCUT2D eigenvalue weighted by Crippen LogP contribution is 2.36. The van der Waals surface area contributed by atoms with Gasteiger partial charge >= 0.3 is 0 Å². The quantitative estimate of drug-likeness (QED) is 0.775. The summed E-state index contributed by atoms with van der Waals surface area (Å²) in [5.74, 6) is -0.707. The van der Waals surface area contributed by atoms with Crippen LogP contribution in [0.3, 0.4) is 0 Å². The smallest absolute Gasteiger partial charge is 0.237 e. The number of anilines is 1. The Morgan fingerprint density at radius 2 is 1.92 bits per heavy atom. The topological polar surface area (TPSA) is 56.1 Å². The highest BCUT2D eigenvalue weighted by molar-refractivity contribution is 5.81. The minimum atomic E-state index is -0.588. The van der Waals surface area contributed by atoms with E-state index >= 15 is 0 Å². The Balaban J connectivity index is 1.69. The average molecular weight is 339 g/mol. The first-order valence-electron chi connectivity index (χ1n) is 9.80. The number of carbonyl (C=O) groups is 1. The summed E-state index contributed by atoms with van der Waals surface area (Å²) in [5.41, 5.74) is 5.42. The lowest BCUT2D eigenvalue weighted by Gasteiger charge is -2.37. The molecule has 0 radical (unpaired) electrons. The number of nitrogens with zero attached hydrogens (tertiary/aromatic N) is 2. The van der Waals surface area contributed by atoms with Crippen LogP contribution < -0.4 is 10.2 Å². The maximum atomic E-state index is 12.3. The van der Waals surface area contributed by atoms with Crippen molar-refractivity contribution in [2.24, 2.45) is 5.92 Å². The van der Waals surface area contributed by atoms with Gasteiger partial charge in [-0.3, -0.25) is 4.79 Å². The standard InChI is InChI=1S/C21H29N3O/c1-2-3-4-9-23-21(25)19(15-22)14-16-12-17-7-5-10-24-11-6-8-18(13-16)20(17)24/h12-13,19H,2-11,14H2,1H3,(H,23,25). The Morgan fingerprint density at radius 3 is 2.52 bits per heavy atom. The highest BCUT2D eigenvalue weighted by atomic mass is 16.1. The van der Waals surface area contributed by atoms with E-state index in [0.29, 0.717) is 13.0 Å². The molecule has 0 bridgehead atoms. The maximum absolute atomic E-state index is 12.3. The van der Waals surface area contributed by atoms with Crippen molar-refractivity contribution in [3.63, 3.8) is 0 Å². The SMILES string of the molecule is CCCCCNC(=O)C(C#N)Cc1cc2c3c(c1)CCCN3CCC2. The average Bonchev–Trinajstić information content (AvgIpc) is 2.63. The van der Waals surface area contributed by atoms with Crippen LogP contribution in [-0.4, -0.2) is 25.5 Å². The van der Waals surface area contributed by atoms with Crippen LogP contribution >= 0.6 is 0 Å². The summed E-state index contributed by atoms with van der Waals surface area (Å²) in [6, 6.07) is 6.69. The third-order valence-corrected chi connectivity index (χ3v) is 5.38. The minimum absolute atomic E-state index is 0.119. The molecule has 2 aliphatic heterocycles. The number of hydrogen-bond acceptors (Lipinski definition) is 3. The third-order valence-electron chi connectivity index (χ3n) is 5.38. The normalized spacial score (nSPS) is 16.7. The van der Waals surface area contributed by atoms with E-state index in [4.69, 9.17) is 0 Å². The van der Waals surface area contributed by atoms with Crippen molar-refractivity contribution < 1.29 is 4.79 Å². The zero-order valence-electron chi connectivity index (χ0n) is 15.3. The number of aryl methyl sites for hydroxylation is 2. The van der Waals surface area contributed by atoms with Crippen LogP contribution in [0.5, 0.6) is 0 Å². The minimum Gasteiger partial charge on any atom is -0.371 e. The molecule has 0 aliphatic carbocycles. The van der Waals surface area contributed by atoms with Gasteiger partial charge in [-0.25, -0.2) is 0 Å². The van der Waals surface area contributed by atoms with Crippen molar-refractivity contribution in [1.82, 2.24) is 5.32 Å². The fourth-order valence-electron chi connectivity index (χ4n) is 4.14. The van der Waals surface area contributed by atoms with Crippen LogP contribution in [0, 0.1) is 17.2 Å². The van der Waals surface area contributed by atoms with Gasteiger partial charge in [0, 0.05) is 25.3 Å². The lowest BCUT2D eigenvalue weighted by Crippen LogP contribution is -2.35. The van der Waals surface area contributed by atoms with Crippen LogP contribution in [-0.2, 0) is 24.1 Å². The van der Waals surface area contributed by atoms with E-state index in [2.05, 4.69) is 35.3 Å². The van der Waals surface area contributed by atoms with E-state index in [1.165, 1.54) is 42.7 Å². The molecule has 3 rings (SSSR count). The second-order valence-corrected chi connectivity index (χ2v) is 7.34. The van der Waals surface area contributed by atoms with E-state index in [1.807, 2.05) is 0 Å². The largest absolute Gasteiger partial charge is 0.371 e. The number of hydrogen-bond donors (Lipinski definition) is 1. The van der Waals surface area contributed by atoms with Crippen molar-refractivity contribution in [3.8, 4) is 6.07 Å². The molecule has 25 heavy (non-hydrogen) atoms. The monoisotopic (exact) mass is 339 g/mol. The lowest BCUT2D eigenvalue weighted by atomic mass is 9.88. The number of nitrogens with one attached hydrogen (secondary N) is 1. The molecule has 1 aromatic carbocycles. The first-order valence-corrected chi connectivity index (χ1v) is 9.80. The lowest BCUT2D eigenvalue weighted by molar-refractivity contribution is -0.123. The fourth-order valence-corrected chi connectivity index (χ4v) is 4.14. The summed E-state index contributed by atoms with van der Waals surface area (Å²) in [4.78, 5) is 14.8. The second-order valence-electron chi connectivity index (χ2n) is 7.34. The van der Waals surface area contributed by atoms with E-state index < -0.39 is 5.92 Å². The van der Waals surface area contributed by atoms with Crippen LogP contribution in [0.2, 0.25) is 0 Å². The molecule has 0 spiro atoms. The van der Waals surface area contributed by atoms with E-state index in [1.54, 1.807) is 0 Å². The molecule has 2 heterocycles. The molecule has 4 heteroatoms. The first-order chi connectivity index (χ1) is 12.2. The van der Waals surface area contributed by atoms with Crippen LogP contribution in [0.25, 0.3) is 0 Å². The van der Waals surface area contributed by atoms with Crippen molar-refractivity contribution in [1.29, 1.82) is 5.26 Å². The summed E-state index contributed by atoms with van der Waals surface area (Å²) < 4.78 is 0. The van der Waals surface area contributed by atoms with Crippen LogP contribution in [0.1, 0.15) is 55.7 Å². The predicted molar refractivity (Wildman–Crippen MR) is 101 cm³/mol. The van der Waals surface area contributed by atoms with Gasteiger partial charge in [0.15, 0.2) is 0 Å². The molecule has 0 saturated carbocycles. The number of nitriles is 1. The predicted octanol–water partition coefficient (Wildman–Crippen LogP) is 3.37. The van der Waals surface area contributed by atoms with Crippen molar-refractivity contribution in [2.75, 3.05) is 24.5 Å². The zero-order chi connectivity index (χ0) is 17.6. The van der Waals surface area contributed by atoms with Gasteiger partial charge in [0.2, 0.25) is 5.91 Å². The first kappa shape index (κ1) is 17.8. The molecule has 134 valence electrons. The number of unbranched alkanes of at least 4 members (excludes halogenated alkanes) is 2. The molecule has 1 aromatic rings. The Bertz CT molecular complexity index is 631. The Kier molecular flexibility index (Phi) is 5.96. The van der Waals surface area contributed by atoms with Crippen molar-refractivity contribution in [2.45, 2.75) is 58.3 Å². The molecule has 0 fully saturated rings. The molecule has 2 aliphatic rings. The van der Waals surface area contributed by atoms with Gasteiger partial charge < -0.3 is 10.2 Å². The summed E-state index contributed by atoms with van der Waals surface area (Å²) in [6.07, 6.45) is 8.40. The fraction of sp³-hybridized carbons (Fsp3) is 0.619. The zero-order valence-corrected chi connectivity index (χ0v) is 15.3. The summed E-state index contributed by atoms with van der Waals surface area (Å²) in [6.45, 7) is 5.15. The molecule has 1 amide bonds. The van der Waals surface area contributed by atoms with E-state index in [0.717, 1.165) is 37.7 Å². The Labute approximate surface area is 151 Å². The number of rotatable bonds is 7. The summed E-state index contributed by atoms with van der Waals surface area (Å²) in [5, 5.41) is 12.4. The molecule has 1 N–H and O–H groups in total. The Hall–Kier alpha value is -2.02. The molecule has 1 atom stereocenters.